The van der Waals surface area contributed by atoms with Gasteiger partial charge in [0.1, 0.15) is 65.4 Å². The van der Waals surface area contributed by atoms with Crippen LogP contribution in [-0.2, 0) is 38.4 Å². The van der Waals surface area contributed by atoms with Crippen molar-refractivity contribution in [1.29, 1.82) is 0 Å². The van der Waals surface area contributed by atoms with Crippen molar-refractivity contribution in [3.63, 3.8) is 0 Å². The van der Waals surface area contributed by atoms with Gasteiger partial charge < -0.3 is 64.9 Å². The second-order valence-electron chi connectivity index (χ2n) is 32.6. The number of ether oxygens (including phenoxy) is 4. The molecule has 12 amide bonds. The van der Waals surface area contributed by atoms with Crippen molar-refractivity contribution in [2.75, 3.05) is 84.9 Å². The predicted octanol–water partition coefficient (Wildman–Crippen LogP) is 11.8. The lowest BCUT2D eigenvalue weighted by Gasteiger charge is -2.42. The van der Waals surface area contributed by atoms with Gasteiger partial charge in [0.2, 0.25) is 35.4 Å². The van der Waals surface area contributed by atoms with Crippen LogP contribution in [0.4, 0.5) is 46.0 Å². The number of unbranched alkanes of at least 4 members (excludes halogenated alkanes) is 12. The lowest BCUT2D eigenvalue weighted by atomic mass is 10.0. The van der Waals surface area contributed by atoms with Gasteiger partial charge in [-0.25, -0.2) is 14.8 Å². The van der Waals surface area contributed by atoms with Crippen LogP contribution in [0, 0.1) is 0 Å². The number of likely N-dealkylation sites (N-methyl/N-ethyl adjacent to an activating group) is 2. The molecule has 2 aliphatic carbocycles. The van der Waals surface area contributed by atoms with Gasteiger partial charge >= 0.3 is 5.97 Å². The molecular formula is C92H112N14O19. The molecule has 6 aliphatic heterocycles. The second-order valence-corrected chi connectivity index (χ2v) is 32.6. The molecule has 664 valence electrons. The van der Waals surface area contributed by atoms with Crippen molar-refractivity contribution >= 4 is 129 Å². The minimum Gasteiger partial charge on any atom is -0.495 e. The Hall–Kier alpha value is -12.8. The van der Waals surface area contributed by atoms with Crippen molar-refractivity contribution in [2.24, 2.45) is 0 Å². The highest BCUT2D eigenvalue weighted by Crippen LogP contribution is 2.44. The van der Waals surface area contributed by atoms with E-state index in [9.17, 15) is 72.2 Å². The molecule has 2 saturated carbocycles. The van der Waals surface area contributed by atoms with Gasteiger partial charge in [0.05, 0.1) is 64.8 Å². The molecule has 0 radical (unpaired) electrons. The number of carboxylic acids is 1. The number of nitrogens with one attached hydrogen (secondary N) is 6. The number of rotatable bonds is 36. The first kappa shape index (κ1) is 91.4. The SMILES string of the molecule is CCCCCCCCCCC(=O)COc1cccc2c1C(=O)N(C1CCC(=O)NC1=O)C2=O.COc1cc(C(=O)NCCCCCCCCNC(=O)COc2cccc3c2C(=O)N(C2CCC(=O)NC2=O)C3=O)ccc1Nc1ccc2c(n1)N(C1CCCC1)[C@H](C)C(=O)N2C.COc1cc(C(=O)O)ccc1Nc1ccc2c(n1)N(C1CCCC1)[C@H](C)C(=O)N2C. The highest BCUT2D eigenvalue weighted by Gasteiger charge is 2.49. The number of amides is 12. The fraction of sp³-hybridized carbons (Fsp3) is 0.478. The molecule has 0 spiro atoms. The van der Waals surface area contributed by atoms with E-state index in [-0.39, 0.29) is 126 Å². The van der Waals surface area contributed by atoms with E-state index in [4.69, 9.17) is 28.9 Å². The molecule has 2 unspecified atom stereocenters. The zero-order valence-electron chi connectivity index (χ0n) is 72.0. The van der Waals surface area contributed by atoms with Crippen LogP contribution in [0.3, 0.4) is 0 Å². The molecular weight excluding hydrogens is 1610 g/mol. The fourth-order valence-electron chi connectivity index (χ4n) is 17.4. The van der Waals surface area contributed by atoms with Gasteiger partial charge in [-0.2, -0.15) is 0 Å². The fourth-order valence-corrected chi connectivity index (χ4v) is 17.4. The van der Waals surface area contributed by atoms with Gasteiger partial charge in [0.15, 0.2) is 24.0 Å². The van der Waals surface area contributed by atoms with E-state index in [2.05, 4.69) is 48.6 Å². The topological polar surface area (TPSA) is 414 Å². The molecule has 0 bridgehead atoms. The zero-order valence-corrected chi connectivity index (χ0v) is 72.0. The van der Waals surface area contributed by atoms with Gasteiger partial charge in [-0.15, -0.1) is 0 Å². The predicted molar refractivity (Wildman–Crippen MR) is 466 cm³/mol. The summed E-state index contributed by atoms with van der Waals surface area (Å²) in [6, 6.07) is 24.4. The molecule has 4 fully saturated rings. The summed E-state index contributed by atoms with van der Waals surface area (Å²) < 4.78 is 22.3. The molecule has 4 atom stereocenters. The number of ketones is 1. The van der Waals surface area contributed by atoms with Gasteiger partial charge in [0.25, 0.3) is 35.4 Å². The third kappa shape index (κ3) is 21.5. The van der Waals surface area contributed by atoms with E-state index in [1.165, 1.54) is 75.6 Å². The maximum absolute atomic E-state index is 13.2. The highest BCUT2D eigenvalue weighted by molar-refractivity contribution is 6.26. The van der Waals surface area contributed by atoms with Crippen LogP contribution in [-0.4, -0.2) is 198 Å². The smallest absolute Gasteiger partial charge is 0.335 e. The number of Topliss-reactive ketones (excluding diaryl/α,β-unsaturated/α-hetero) is 1. The number of fused-ring (bicyclic) bond motifs is 4. The molecule has 2 aromatic heterocycles. The Kier molecular flexibility index (Phi) is 31.1. The van der Waals surface area contributed by atoms with Crippen LogP contribution in [0.2, 0.25) is 0 Å². The monoisotopic (exact) mass is 1720 g/mol. The average Bonchev–Trinajstić information content (AvgIpc) is 1.60. The molecule has 33 heteroatoms. The van der Waals surface area contributed by atoms with E-state index >= 15 is 0 Å². The van der Waals surface area contributed by atoms with Crippen LogP contribution in [0.1, 0.15) is 256 Å². The Morgan fingerprint density at radius 1 is 0.480 bits per heavy atom. The zero-order chi connectivity index (χ0) is 89.1. The van der Waals surface area contributed by atoms with E-state index in [1.54, 1.807) is 67.4 Å². The van der Waals surface area contributed by atoms with E-state index in [0.717, 1.165) is 142 Å². The Morgan fingerprint density at radius 2 is 0.904 bits per heavy atom. The summed E-state index contributed by atoms with van der Waals surface area (Å²) in [5, 5.41) is 25.9. The number of nitrogens with zero attached hydrogens (tertiary/aromatic N) is 8. The number of carboxylic acid groups (broad SMARTS) is 1. The Balaban J connectivity index is 0.000000189. The minimum atomic E-state index is -1.09. The average molecular weight is 1720 g/mol. The number of piperidine rings is 2. The molecule has 14 rings (SSSR count). The maximum atomic E-state index is 13.2. The molecule has 2 saturated heterocycles. The number of methoxy groups -OCH3 is 2. The number of pyridine rings is 2. The molecule has 8 aliphatic rings. The Bertz CT molecular complexity index is 5080. The van der Waals surface area contributed by atoms with Crippen LogP contribution >= 0.6 is 0 Å². The van der Waals surface area contributed by atoms with E-state index in [1.807, 2.05) is 38.1 Å². The summed E-state index contributed by atoms with van der Waals surface area (Å²) in [5.74, 6) is -2.39. The normalized spacial score (nSPS) is 18.6. The number of aromatic carboxylic acids is 1. The highest BCUT2D eigenvalue weighted by atomic mass is 16.5. The first-order valence-electron chi connectivity index (χ1n) is 43.6. The molecule has 125 heavy (non-hydrogen) atoms. The summed E-state index contributed by atoms with van der Waals surface area (Å²) in [5.41, 5.74) is 3.77. The number of carbonyl (C=O) groups excluding carboxylic acids is 13. The molecule has 7 N–H and O–H groups in total. The van der Waals surface area contributed by atoms with Crippen molar-refractivity contribution in [3.05, 3.63) is 130 Å². The first-order chi connectivity index (χ1) is 60.3. The third-order valence-electron chi connectivity index (χ3n) is 24.1. The largest absolute Gasteiger partial charge is 0.495 e. The second kappa shape index (κ2) is 42.5. The number of carbonyl (C=O) groups is 14. The van der Waals surface area contributed by atoms with Crippen LogP contribution in [0.5, 0.6) is 23.0 Å². The van der Waals surface area contributed by atoms with E-state index < -0.39 is 65.3 Å². The quantitative estimate of drug-likeness (QED) is 0.0142. The number of aromatic nitrogens is 2. The Labute approximate surface area is 726 Å². The molecule has 33 nitrogen and oxygen atoms in total. The summed E-state index contributed by atoms with van der Waals surface area (Å²) >= 11 is 0. The summed E-state index contributed by atoms with van der Waals surface area (Å²) in [7, 11) is 6.63. The van der Waals surface area contributed by atoms with Gasteiger partial charge in [-0.3, -0.25) is 82.8 Å². The number of imide groups is 4. The van der Waals surface area contributed by atoms with E-state index in [0.29, 0.717) is 65.6 Å². The summed E-state index contributed by atoms with van der Waals surface area (Å²) in [6.07, 6.45) is 23.9. The third-order valence-corrected chi connectivity index (χ3v) is 24.1. The number of hydrogen-bond donors (Lipinski definition) is 7. The summed E-state index contributed by atoms with van der Waals surface area (Å²) in [4.78, 5) is 194. The number of anilines is 8. The molecule has 6 aromatic rings. The van der Waals surface area contributed by atoms with Crippen LogP contribution in [0.25, 0.3) is 0 Å². The maximum Gasteiger partial charge on any atom is 0.335 e. The summed E-state index contributed by atoms with van der Waals surface area (Å²) in [6.45, 7) is 6.53. The van der Waals surface area contributed by atoms with Crippen molar-refractivity contribution in [3.8, 4) is 23.0 Å². The lowest BCUT2D eigenvalue weighted by Crippen LogP contribution is -2.54. The van der Waals surface area contributed by atoms with Crippen LogP contribution < -0.4 is 70.4 Å². The van der Waals surface area contributed by atoms with Crippen LogP contribution in [0.15, 0.2) is 97.1 Å². The molecule has 4 aromatic carbocycles. The first-order valence-corrected chi connectivity index (χ1v) is 43.6. The molecule has 8 heterocycles. The minimum absolute atomic E-state index is 0.00716. The lowest BCUT2D eigenvalue weighted by molar-refractivity contribution is -0.137. The van der Waals surface area contributed by atoms with Gasteiger partial charge in [0, 0.05) is 64.1 Å². The standard InChI is InChI=1S/C45H54N8O9.C25H32N2O6.C22H26N4O4/c1-27-43(58)51(2)32-19-21-36(49-40(32)52(27)29-13-8-9-14-29)48-31-18-17-28(25-35(31)61-3)41(56)47-24-11-7-5-4-6-10-23-46-38(55)26-62-34-16-12-15-30-39(34)45(60)53(44(30)59)33-20-22-37(54)50-42(33)57;1-2-3-4-5-6-7-8-9-11-17(28)16-33-20-13-10-12-18-22(20)25(32)27(24(18)31)19-14-15-21(29)26-23(19)30;1-13-21(27)25(2)17-10-11-19(24-20(17)26(13)15-6-4-5-7-15)23-16-9-8-14(22(28)29)12-18(16)30-3/h12,15-19,21,25,27,29,33H,4-11,13-14,20,22-24,26H2,1-3H3,(H,46,55)(H,47,56)(H,48,49)(H,50,54,57);10,12-13,19H,2-9,11,14-16H2,1H3,(H,26,29,30);8-13,15H,4-7H2,1-3H3,(H,23,24)(H,28,29)/t27-,33?;;13-/m1.1/s1. The van der Waals surface area contributed by atoms with Crippen molar-refractivity contribution < 1.29 is 91.2 Å². The van der Waals surface area contributed by atoms with Crippen molar-refractivity contribution in [2.45, 2.75) is 230 Å². The number of hydrogen-bond acceptors (Lipinski definition) is 24. The van der Waals surface area contributed by atoms with Gasteiger partial charge in [-0.05, 0) is 157 Å². The number of benzene rings is 4. The van der Waals surface area contributed by atoms with Crippen molar-refractivity contribution in [1.82, 2.24) is 41.0 Å². The Morgan fingerprint density at radius 3 is 1.35 bits per heavy atom. The van der Waals surface area contributed by atoms with Gasteiger partial charge in [-0.1, -0.05) is 115 Å².